The van der Waals surface area contributed by atoms with E-state index in [1.54, 1.807) is 12.3 Å². The van der Waals surface area contributed by atoms with Crippen molar-refractivity contribution in [2.45, 2.75) is 43.4 Å². The van der Waals surface area contributed by atoms with E-state index >= 15 is 0 Å². The van der Waals surface area contributed by atoms with Crippen LogP contribution in [0.2, 0.25) is 0 Å². The van der Waals surface area contributed by atoms with Gasteiger partial charge in [-0.15, -0.1) is 0 Å². The third kappa shape index (κ3) is 4.02. The highest BCUT2D eigenvalue weighted by Crippen LogP contribution is 2.29. The summed E-state index contributed by atoms with van der Waals surface area (Å²) in [7, 11) is -3.54. The number of nitrogens with zero attached hydrogens (tertiary/aromatic N) is 2. The molecule has 1 amide bonds. The number of hydrogen-bond acceptors (Lipinski definition) is 4. The lowest BCUT2D eigenvalue weighted by Crippen LogP contribution is -2.41. The molecule has 32 heavy (non-hydrogen) atoms. The lowest BCUT2D eigenvalue weighted by molar-refractivity contribution is -0.120. The summed E-state index contributed by atoms with van der Waals surface area (Å²) in [4.78, 5) is 17.7. The average molecular weight is 450 g/mol. The van der Waals surface area contributed by atoms with Crippen molar-refractivity contribution in [3.05, 3.63) is 65.9 Å². The minimum atomic E-state index is -3.54. The molecular formula is C25H27N3O3S. The topological polar surface area (TPSA) is 79.4 Å². The van der Waals surface area contributed by atoms with E-state index < -0.39 is 10.0 Å². The maximum absolute atomic E-state index is 13.2. The van der Waals surface area contributed by atoms with E-state index in [2.05, 4.69) is 10.3 Å². The number of benzene rings is 2. The highest BCUT2D eigenvalue weighted by atomic mass is 32.2. The first-order valence-corrected chi connectivity index (χ1v) is 12.7. The maximum atomic E-state index is 13.2. The van der Waals surface area contributed by atoms with Gasteiger partial charge in [-0.1, -0.05) is 24.3 Å². The second kappa shape index (κ2) is 8.64. The molecule has 0 radical (unpaired) electrons. The number of para-hydroxylation sites is 1. The van der Waals surface area contributed by atoms with Gasteiger partial charge < -0.3 is 5.32 Å². The van der Waals surface area contributed by atoms with Crippen LogP contribution in [-0.4, -0.2) is 36.7 Å². The number of pyridine rings is 1. The normalized spacial score (nSPS) is 17.8. The third-order valence-electron chi connectivity index (χ3n) is 6.67. The molecule has 3 aromatic rings. The number of rotatable bonds is 4. The van der Waals surface area contributed by atoms with Gasteiger partial charge in [-0.3, -0.25) is 9.78 Å². The molecule has 2 aromatic carbocycles. The van der Waals surface area contributed by atoms with Gasteiger partial charge in [0.2, 0.25) is 15.9 Å². The molecule has 1 aromatic heterocycles. The number of piperidine rings is 1. The minimum Gasteiger partial charge on any atom is -0.324 e. The van der Waals surface area contributed by atoms with Crippen molar-refractivity contribution in [1.29, 1.82) is 0 Å². The third-order valence-corrected chi connectivity index (χ3v) is 8.57. The second-order valence-electron chi connectivity index (χ2n) is 8.69. The average Bonchev–Trinajstić information content (AvgIpc) is 2.84. The number of nitrogens with one attached hydrogen (secondary N) is 1. The van der Waals surface area contributed by atoms with E-state index in [4.69, 9.17) is 0 Å². The van der Waals surface area contributed by atoms with Crippen LogP contribution in [-0.2, 0) is 27.7 Å². The van der Waals surface area contributed by atoms with E-state index in [1.165, 1.54) is 16.3 Å². The van der Waals surface area contributed by atoms with Crippen LogP contribution in [0.1, 0.15) is 36.8 Å². The van der Waals surface area contributed by atoms with Crippen LogP contribution in [0.25, 0.3) is 10.9 Å². The Balaban J connectivity index is 1.26. The van der Waals surface area contributed by atoms with Gasteiger partial charge in [0.05, 0.1) is 16.1 Å². The zero-order valence-electron chi connectivity index (χ0n) is 18.0. The standard InChI is InChI=1S/C25H27N3O3S/c29-25(27-23-9-3-7-19-8-4-14-26-24(19)23)20-12-15-28(16-13-20)32(30,31)22-11-10-18-5-1-2-6-21(18)17-22/h3-4,7-11,14,17,20H,1-2,5-6,12-13,15-16H2,(H,27,29). The molecule has 6 nitrogen and oxygen atoms in total. The summed E-state index contributed by atoms with van der Waals surface area (Å²) in [6.07, 6.45) is 6.99. The highest BCUT2D eigenvalue weighted by Gasteiger charge is 2.32. The molecule has 0 saturated carbocycles. The van der Waals surface area contributed by atoms with Gasteiger partial charge in [0.15, 0.2) is 0 Å². The number of aryl methyl sites for hydroxylation is 2. The van der Waals surface area contributed by atoms with E-state index in [1.807, 2.05) is 42.5 Å². The van der Waals surface area contributed by atoms with Crippen molar-refractivity contribution in [3.63, 3.8) is 0 Å². The van der Waals surface area contributed by atoms with Crippen molar-refractivity contribution in [3.8, 4) is 0 Å². The number of fused-ring (bicyclic) bond motifs is 2. The zero-order chi connectivity index (χ0) is 22.1. The molecule has 7 heteroatoms. The molecule has 0 unspecified atom stereocenters. The Morgan fingerprint density at radius 2 is 1.72 bits per heavy atom. The van der Waals surface area contributed by atoms with E-state index in [-0.39, 0.29) is 11.8 Å². The Morgan fingerprint density at radius 1 is 0.969 bits per heavy atom. The Labute approximate surface area is 188 Å². The van der Waals surface area contributed by atoms with Gasteiger partial charge in [-0.05, 0) is 73.9 Å². The van der Waals surface area contributed by atoms with Crippen molar-refractivity contribution in [2.24, 2.45) is 5.92 Å². The fourth-order valence-corrected chi connectivity index (χ4v) is 6.34. The Morgan fingerprint density at radius 3 is 2.53 bits per heavy atom. The number of carbonyl (C=O) groups excluding carboxylic acids is 1. The maximum Gasteiger partial charge on any atom is 0.243 e. The molecule has 2 heterocycles. The first-order valence-electron chi connectivity index (χ1n) is 11.3. The molecule has 0 spiro atoms. The fourth-order valence-electron chi connectivity index (χ4n) is 4.82. The molecule has 1 N–H and O–H groups in total. The predicted molar refractivity (Wildman–Crippen MR) is 125 cm³/mol. The van der Waals surface area contributed by atoms with Crippen molar-refractivity contribution in [1.82, 2.24) is 9.29 Å². The molecule has 0 atom stereocenters. The first-order chi connectivity index (χ1) is 15.5. The summed E-state index contributed by atoms with van der Waals surface area (Å²) in [5.74, 6) is -0.294. The smallest absolute Gasteiger partial charge is 0.243 e. The molecule has 5 rings (SSSR count). The molecule has 2 aliphatic rings. The molecule has 0 bridgehead atoms. The lowest BCUT2D eigenvalue weighted by atomic mass is 9.92. The highest BCUT2D eigenvalue weighted by molar-refractivity contribution is 7.89. The van der Waals surface area contributed by atoms with Crippen LogP contribution in [0, 0.1) is 5.92 Å². The summed E-state index contributed by atoms with van der Waals surface area (Å²) >= 11 is 0. The minimum absolute atomic E-state index is 0.0750. The number of sulfonamides is 1. The summed E-state index contributed by atoms with van der Waals surface area (Å²) < 4.78 is 27.9. The van der Waals surface area contributed by atoms with Crippen LogP contribution in [0.4, 0.5) is 5.69 Å². The second-order valence-corrected chi connectivity index (χ2v) is 10.6. The monoisotopic (exact) mass is 449 g/mol. The molecule has 1 aliphatic heterocycles. The SMILES string of the molecule is O=C(Nc1cccc2cccnc12)C1CCN(S(=O)(=O)c2ccc3c(c2)CCCC3)CC1. The van der Waals surface area contributed by atoms with Gasteiger partial charge in [0.25, 0.3) is 0 Å². The van der Waals surface area contributed by atoms with Gasteiger partial charge in [-0.2, -0.15) is 4.31 Å². The van der Waals surface area contributed by atoms with Gasteiger partial charge in [0, 0.05) is 30.6 Å². The van der Waals surface area contributed by atoms with Crippen molar-refractivity contribution >= 4 is 32.5 Å². The Hall–Kier alpha value is -2.77. The van der Waals surface area contributed by atoms with Crippen LogP contribution in [0.15, 0.2) is 59.6 Å². The van der Waals surface area contributed by atoms with Gasteiger partial charge in [-0.25, -0.2) is 8.42 Å². The van der Waals surface area contributed by atoms with Gasteiger partial charge >= 0.3 is 0 Å². The van der Waals surface area contributed by atoms with Gasteiger partial charge in [0.1, 0.15) is 0 Å². The molecule has 1 saturated heterocycles. The molecular weight excluding hydrogens is 422 g/mol. The molecule has 166 valence electrons. The summed E-state index contributed by atoms with van der Waals surface area (Å²) in [5.41, 5.74) is 3.89. The summed E-state index contributed by atoms with van der Waals surface area (Å²) in [6, 6.07) is 15.1. The Bertz CT molecular complexity index is 1260. The van der Waals surface area contributed by atoms with E-state index in [0.29, 0.717) is 36.5 Å². The summed E-state index contributed by atoms with van der Waals surface area (Å²) in [6.45, 7) is 0.705. The quantitative estimate of drug-likeness (QED) is 0.649. The zero-order valence-corrected chi connectivity index (χ0v) is 18.8. The van der Waals surface area contributed by atoms with Crippen LogP contribution in [0.3, 0.4) is 0 Å². The van der Waals surface area contributed by atoms with Crippen molar-refractivity contribution in [2.75, 3.05) is 18.4 Å². The number of aromatic nitrogens is 1. The van der Waals surface area contributed by atoms with Crippen LogP contribution in [0.5, 0.6) is 0 Å². The molecule has 1 aliphatic carbocycles. The number of carbonyl (C=O) groups is 1. The van der Waals surface area contributed by atoms with E-state index in [0.717, 1.165) is 35.7 Å². The number of anilines is 1. The predicted octanol–water partition coefficient (Wildman–Crippen LogP) is 4.15. The van der Waals surface area contributed by atoms with Crippen LogP contribution >= 0.6 is 0 Å². The molecule has 1 fully saturated rings. The largest absolute Gasteiger partial charge is 0.324 e. The van der Waals surface area contributed by atoms with Crippen LogP contribution < -0.4 is 5.32 Å². The Kier molecular flexibility index (Phi) is 5.69. The fraction of sp³-hybridized carbons (Fsp3) is 0.360. The summed E-state index contributed by atoms with van der Waals surface area (Å²) in [5, 5.41) is 3.97. The van der Waals surface area contributed by atoms with Crippen molar-refractivity contribution < 1.29 is 13.2 Å². The number of hydrogen-bond donors (Lipinski definition) is 1. The van der Waals surface area contributed by atoms with E-state index in [9.17, 15) is 13.2 Å². The number of amides is 1. The first kappa shape index (κ1) is 21.1. The lowest BCUT2D eigenvalue weighted by Gasteiger charge is -2.31.